The van der Waals surface area contributed by atoms with Crippen LogP contribution in [0.4, 0.5) is 5.69 Å². The second-order valence-corrected chi connectivity index (χ2v) is 7.48. The quantitative estimate of drug-likeness (QED) is 0.771. The zero-order valence-corrected chi connectivity index (χ0v) is 14.5. The minimum Gasteiger partial charge on any atom is -0.468 e. The van der Waals surface area contributed by atoms with Gasteiger partial charge in [0.2, 0.25) is 15.9 Å². The summed E-state index contributed by atoms with van der Waals surface area (Å²) in [5, 5.41) is 2.34. The van der Waals surface area contributed by atoms with Crippen LogP contribution in [0.3, 0.4) is 0 Å². The molecule has 1 unspecified atom stereocenters. The van der Waals surface area contributed by atoms with Crippen LogP contribution in [-0.4, -0.2) is 45.6 Å². The number of carbonyl (C=O) groups is 3. The summed E-state index contributed by atoms with van der Waals surface area (Å²) < 4.78 is 29.3. The fourth-order valence-electron chi connectivity index (χ4n) is 2.20. The summed E-state index contributed by atoms with van der Waals surface area (Å²) in [4.78, 5) is 35.2. The van der Waals surface area contributed by atoms with Crippen LogP contribution in [-0.2, 0) is 24.3 Å². The predicted octanol–water partition coefficient (Wildman–Crippen LogP) is 0.555. The smallest absolute Gasteiger partial charge is 0.325 e. The number of carbonyl (C=O) groups excluding carboxylic acids is 3. The van der Waals surface area contributed by atoms with Gasteiger partial charge in [-0.2, -0.15) is 0 Å². The number of nitrogens with zero attached hydrogens (tertiary/aromatic N) is 1. The molecule has 0 spiro atoms. The minimum absolute atomic E-state index is 0.0190. The number of hydrogen-bond acceptors (Lipinski definition) is 6. The first kappa shape index (κ1) is 18.2. The van der Waals surface area contributed by atoms with Gasteiger partial charge in [0.25, 0.3) is 5.91 Å². The van der Waals surface area contributed by atoms with Crippen LogP contribution in [0.1, 0.15) is 17.3 Å². The van der Waals surface area contributed by atoms with Crippen LogP contribution in [0.5, 0.6) is 0 Å². The van der Waals surface area contributed by atoms with Gasteiger partial charge in [0.1, 0.15) is 6.54 Å². The summed E-state index contributed by atoms with van der Waals surface area (Å²) in [6.07, 6.45) is 0. The molecule has 1 heterocycles. The highest BCUT2D eigenvalue weighted by molar-refractivity contribution is 7.94. The fraction of sp³-hybridized carbons (Fsp3) is 0.357. The molecule has 0 bridgehead atoms. The number of rotatable bonds is 4. The van der Waals surface area contributed by atoms with E-state index >= 15 is 0 Å². The lowest BCUT2D eigenvalue weighted by Crippen LogP contribution is -2.32. The summed E-state index contributed by atoms with van der Waals surface area (Å²) in [5.41, 5.74) is -0.0300. The largest absolute Gasteiger partial charge is 0.468 e. The van der Waals surface area contributed by atoms with Crippen molar-refractivity contribution in [2.24, 2.45) is 5.92 Å². The minimum atomic E-state index is -3.84. The highest BCUT2D eigenvalue weighted by Crippen LogP contribution is 2.34. The lowest BCUT2D eigenvalue weighted by molar-refractivity contribution is -0.139. The van der Waals surface area contributed by atoms with Gasteiger partial charge in [-0.05, 0) is 18.2 Å². The maximum atomic E-state index is 12.2. The third-order valence-corrected chi connectivity index (χ3v) is 5.58. The SMILES string of the molecule is COC(=O)CNC(=O)c1ccc(Cl)c(N2C(=O)C(C)CS2(=O)=O)c1. The van der Waals surface area contributed by atoms with Crippen molar-refractivity contribution in [2.45, 2.75) is 6.92 Å². The molecule has 1 aliphatic rings. The number of sulfonamides is 1. The van der Waals surface area contributed by atoms with Gasteiger partial charge in [-0.15, -0.1) is 0 Å². The molecule has 1 aromatic rings. The van der Waals surface area contributed by atoms with Crippen molar-refractivity contribution in [1.82, 2.24) is 5.32 Å². The first-order valence-electron chi connectivity index (χ1n) is 6.88. The molecular weight excluding hydrogens is 360 g/mol. The van der Waals surface area contributed by atoms with Crippen molar-refractivity contribution >= 4 is 45.1 Å². The van der Waals surface area contributed by atoms with Crippen LogP contribution in [0.25, 0.3) is 0 Å². The number of anilines is 1. The van der Waals surface area contributed by atoms with Gasteiger partial charge in [-0.1, -0.05) is 18.5 Å². The van der Waals surface area contributed by atoms with Crippen molar-refractivity contribution in [3.63, 3.8) is 0 Å². The molecule has 0 aromatic heterocycles. The molecule has 0 saturated carbocycles. The van der Waals surface area contributed by atoms with Gasteiger partial charge < -0.3 is 10.1 Å². The second kappa shape index (κ2) is 6.78. The number of amides is 2. The number of methoxy groups -OCH3 is 1. The summed E-state index contributed by atoms with van der Waals surface area (Å²) >= 11 is 6.01. The van der Waals surface area contributed by atoms with E-state index in [4.69, 9.17) is 11.6 Å². The number of benzene rings is 1. The molecule has 8 nitrogen and oxygen atoms in total. The molecule has 130 valence electrons. The molecule has 24 heavy (non-hydrogen) atoms. The molecule has 1 aromatic carbocycles. The molecule has 0 radical (unpaired) electrons. The molecule has 2 amide bonds. The van der Waals surface area contributed by atoms with Crippen molar-refractivity contribution in [1.29, 1.82) is 0 Å². The van der Waals surface area contributed by atoms with Crippen LogP contribution < -0.4 is 9.62 Å². The van der Waals surface area contributed by atoms with E-state index < -0.39 is 33.7 Å². The van der Waals surface area contributed by atoms with Crippen LogP contribution in [0.2, 0.25) is 5.02 Å². The van der Waals surface area contributed by atoms with Crippen LogP contribution in [0.15, 0.2) is 18.2 Å². The number of esters is 1. The van der Waals surface area contributed by atoms with E-state index in [9.17, 15) is 22.8 Å². The van der Waals surface area contributed by atoms with Gasteiger partial charge in [0, 0.05) is 5.56 Å². The average molecular weight is 375 g/mol. The van der Waals surface area contributed by atoms with Crippen molar-refractivity contribution in [3.8, 4) is 0 Å². The molecule has 0 aliphatic carbocycles. The predicted molar refractivity (Wildman–Crippen MR) is 86.2 cm³/mol. The Morgan fingerprint density at radius 2 is 2.08 bits per heavy atom. The Hall–Kier alpha value is -2.13. The van der Waals surface area contributed by atoms with Crippen LogP contribution in [0, 0.1) is 5.92 Å². The Bertz CT molecular complexity index is 807. The van der Waals surface area contributed by atoms with Crippen molar-refractivity contribution in [3.05, 3.63) is 28.8 Å². The summed E-state index contributed by atoms with van der Waals surface area (Å²) in [6.45, 7) is 1.16. The lowest BCUT2D eigenvalue weighted by Gasteiger charge is -2.17. The van der Waals surface area contributed by atoms with E-state index in [1.165, 1.54) is 32.2 Å². The Labute approximate surface area is 143 Å². The highest BCUT2D eigenvalue weighted by Gasteiger charge is 2.42. The molecular formula is C14H15ClN2O6S. The maximum Gasteiger partial charge on any atom is 0.325 e. The lowest BCUT2D eigenvalue weighted by atomic mass is 10.1. The first-order chi connectivity index (χ1) is 11.2. The van der Waals surface area contributed by atoms with Crippen molar-refractivity contribution < 1.29 is 27.5 Å². The summed E-state index contributed by atoms with van der Waals surface area (Å²) in [6, 6.07) is 3.87. The Kier molecular flexibility index (Phi) is 5.14. The van der Waals surface area contributed by atoms with Gasteiger partial charge in [0.15, 0.2) is 0 Å². The van der Waals surface area contributed by atoms with Crippen LogP contribution >= 0.6 is 11.6 Å². The third-order valence-electron chi connectivity index (χ3n) is 3.41. The van der Waals surface area contributed by atoms with E-state index in [0.29, 0.717) is 4.31 Å². The number of ether oxygens (including phenoxy) is 1. The molecule has 1 aliphatic heterocycles. The van der Waals surface area contributed by atoms with E-state index in [-0.39, 0.29) is 28.6 Å². The maximum absolute atomic E-state index is 12.2. The monoisotopic (exact) mass is 374 g/mol. The van der Waals surface area contributed by atoms with Gasteiger partial charge in [0.05, 0.1) is 29.5 Å². The Morgan fingerprint density at radius 1 is 1.42 bits per heavy atom. The zero-order chi connectivity index (χ0) is 18.1. The summed E-state index contributed by atoms with van der Waals surface area (Å²) in [7, 11) is -2.66. The average Bonchev–Trinajstić information content (AvgIpc) is 2.73. The Balaban J connectivity index is 2.34. The second-order valence-electron chi connectivity index (χ2n) is 5.21. The van der Waals surface area contributed by atoms with E-state index in [1.807, 2.05) is 0 Å². The molecule has 1 saturated heterocycles. The van der Waals surface area contributed by atoms with E-state index in [1.54, 1.807) is 0 Å². The zero-order valence-electron chi connectivity index (χ0n) is 12.9. The molecule has 10 heteroatoms. The number of halogens is 1. The number of nitrogens with one attached hydrogen (secondary N) is 1. The molecule has 1 fully saturated rings. The third kappa shape index (κ3) is 3.51. The van der Waals surface area contributed by atoms with E-state index in [2.05, 4.69) is 10.1 Å². The fourth-order valence-corrected chi connectivity index (χ4v) is 4.28. The number of hydrogen-bond donors (Lipinski definition) is 1. The van der Waals surface area contributed by atoms with Gasteiger partial charge >= 0.3 is 5.97 Å². The van der Waals surface area contributed by atoms with Crippen molar-refractivity contribution in [2.75, 3.05) is 23.7 Å². The topological polar surface area (TPSA) is 110 Å². The molecule has 1 N–H and O–H groups in total. The molecule has 2 rings (SSSR count). The standard InChI is InChI=1S/C14H15ClN2O6S/c1-8-7-24(21,22)17(14(8)20)11-5-9(3-4-10(11)15)13(19)16-6-12(18)23-2/h3-5,8H,6-7H2,1-2H3,(H,16,19). The van der Waals surface area contributed by atoms with Gasteiger partial charge in [-0.25, -0.2) is 12.7 Å². The van der Waals surface area contributed by atoms with E-state index in [0.717, 1.165) is 0 Å². The highest BCUT2D eigenvalue weighted by atomic mass is 35.5. The van der Waals surface area contributed by atoms with Gasteiger partial charge in [-0.3, -0.25) is 14.4 Å². The normalized spacial score (nSPS) is 19.2. The Morgan fingerprint density at radius 3 is 2.62 bits per heavy atom. The molecule has 1 atom stereocenters. The summed E-state index contributed by atoms with van der Waals surface area (Å²) in [5.74, 6) is -2.88. The first-order valence-corrected chi connectivity index (χ1v) is 8.87.